The van der Waals surface area contributed by atoms with Gasteiger partial charge in [0.15, 0.2) is 0 Å². The first-order valence-electron chi connectivity index (χ1n) is 14.8. The molecule has 0 unspecified atom stereocenters. The van der Waals surface area contributed by atoms with Crippen LogP contribution in [-0.2, 0) is 22.8 Å². The number of benzene rings is 2. The molecule has 0 aliphatic carbocycles. The molecule has 2 N–H and O–H groups in total. The van der Waals surface area contributed by atoms with Crippen LogP contribution in [-0.4, -0.2) is 59.5 Å². The van der Waals surface area contributed by atoms with Crippen molar-refractivity contribution in [2.75, 3.05) is 35.2 Å². The highest BCUT2D eigenvalue weighted by molar-refractivity contribution is 7.85. The summed E-state index contributed by atoms with van der Waals surface area (Å²) >= 11 is 0. The molecule has 5 aromatic rings. The molecule has 3 aromatic heterocycles. The van der Waals surface area contributed by atoms with Gasteiger partial charge in [-0.25, -0.2) is 9.48 Å². The second kappa shape index (κ2) is 12.3. The number of nitrogens with zero attached hydrogens (tertiary/aromatic N) is 5. The molecule has 226 valence electrons. The fourth-order valence-corrected chi connectivity index (χ4v) is 6.42. The number of anilines is 2. The summed E-state index contributed by atoms with van der Waals surface area (Å²) in [5.74, 6) is 2.02. The molecule has 0 saturated carbocycles. The van der Waals surface area contributed by atoms with Crippen molar-refractivity contribution in [1.82, 2.24) is 24.6 Å². The lowest BCUT2D eigenvalue weighted by Crippen LogP contribution is -2.37. The van der Waals surface area contributed by atoms with Crippen molar-refractivity contribution in [1.29, 1.82) is 0 Å². The summed E-state index contributed by atoms with van der Waals surface area (Å²) in [4.78, 5) is 24.8. The lowest BCUT2D eigenvalue weighted by atomic mass is 9.92. The number of pyridine rings is 2. The first-order chi connectivity index (χ1) is 21.1. The fourth-order valence-electron chi connectivity index (χ4n) is 5.29. The smallest absolute Gasteiger partial charge is 0.307 e. The summed E-state index contributed by atoms with van der Waals surface area (Å²) in [5.41, 5.74) is 6.07. The number of nitrogens with one attached hydrogen (secondary N) is 2. The number of hydrogen-bond acceptors (Lipinski definition) is 6. The van der Waals surface area contributed by atoms with Gasteiger partial charge >= 0.3 is 6.03 Å². The van der Waals surface area contributed by atoms with E-state index in [2.05, 4.69) is 59.5 Å². The summed E-state index contributed by atoms with van der Waals surface area (Å²) < 4.78 is 13.4. The summed E-state index contributed by atoms with van der Waals surface area (Å²) in [6.45, 7) is 10.6. The molecule has 4 heterocycles. The monoisotopic (exact) mass is 607 g/mol. The largest absolute Gasteiger partial charge is 0.324 e. The zero-order valence-corrected chi connectivity index (χ0v) is 26.3. The number of carbonyl (C=O) groups excluding carboxylic acids is 1. The third kappa shape index (κ3) is 6.56. The Balaban J connectivity index is 1.23. The van der Waals surface area contributed by atoms with Gasteiger partial charge < -0.3 is 5.32 Å². The molecule has 1 aliphatic rings. The minimum atomic E-state index is -0.688. The number of hydrogen-bond donors (Lipinski definition) is 2. The Labute approximate surface area is 260 Å². The zero-order valence-electron chi connectivity index (χ0n) is 25.5. The van der Waals surface area contributed by atoms with E-state index < -0.39 is 10.8 Å². The Morgan fingerprint density at radius 1 is 0.909 bits per heavy atom. The maximum absolute atomic E-state index is 13.4. The fraction of sp³-hybridized carbons (Fsp3) is 0.294. The van der Waals surface area contributed by atoms with Gasteiger partial charge in [0.2, 0.25) is 0 Å². The molecule has 10 heteroatoms. The van der Waals surface area contributed by atoms with E-state index in [0.717, 1.165) is 75.8 Å². The highest BCUT2D eigenvalue weighted by Crippen LogP contribution is 2.33. The topological polar surface area (TPSA) is 105 Å². The van der Waals surface area contributed by atoms with Crippen molar-refractivity contribution < 1.29 is 9.00 Å². The number of fused-ring (bicyclic) bond motifs is 1. The molecular formula is C34H37N7O2S. The molecule has 9 nitrogen and oxygen atoms in total. The molecule has 6 rings (SSSR count). The van der Waals surface area contributed by atoms with E-state index in [9.17, 15) is 9.00 Å². The van der Waals surface area contributed by atoms with Gasteiger partial charge in [-0.2, -0.15) is 5.10 Å². The number of rotatable bonds is 6. The zero-order chi connectivity index (χ0) is 30.8. The van der Waals surface area contributed by atoms with Crippen LogP contribution in [0.1, 0.15) is 37.9 Å². The van der Waals surface area contributed by atoms with Crippen molar-refractivity contribution in [2.45, 2.75) is 39.7 Å². The number of amides is 2. The van der Waals surface area contributed by atoms with Gasteiger partial charge in [-0.05, 0) is 42.1 Å². The minimum absolute atomic E-state index is 0.204. The van der Waals surface area contributed by atoms with Gasteiger partial charge in [0.05, 0.1) is 29.0 Å². The maximum Gasteiger partial charge on any atom is 0.324 e. The molecule has 0 atom stereocenters. The van der Waals surface area contributed by atoms with Crippen LogP contribution in [0, 0.1) is 6.92 Å². The molecule has 0 radical (unpaired) electrons. The molecule has 2 amide bonds. The molecule has 1 saturated heterocycles. The molecule has 44 heavy (non-hydrogen) atoms. The Bertz CT molecular complexity index is 1820. The highest BCUT2D eigenvalue weighted by atomic mass is 32.2. The Morgan fingerprint density at radius 2 is 1.68 bits per heavy atom. The van der Waals surface area contributed by atoms with Crippen molar-refractivity contribution in [3.63, 3.8) is 0 Å². The van der Waals surface area contributed by atoms with E-state index in [1.165, 1.54) is 0 Å². The van der Waals surface area contributed by atoms with Crippen LogP contribution in [0.2, 0.25) is 0 Å². The normalized spacial score (nSPS) is 14.5. The summed E-state index contributed by atoms with van der Waals surface area (Å²) in [5, 5.41) is 12.8. The predicted octanol–water partition coefficient (Wildman–Crippen LogP) is 6.30. The SMILES string of the molecule is Cc1ccc(-n2nc(C(C)(C)C)cc2NC(=O)Nc2ccc(-c3ccc(CN4CCS(=O)CC4)nc3)c3ccccc23)cn1. The van der Waals surface area contributed by atoms with Crippen molar-refractivity contribution in [3.05, 3.63) is 96.2 Å². The van der Waals surface area contributed by atoms with Gasteiger partial charge in [-0.15, -0.1) is 0 Å². The Morgan fingerprint density at radius 3 is 2.36 bits per heavy atom. The van der Waals surface area contributed by atoms with E-state index in [-0.39, 0.29) is 11.4 Å². The summed E-state index contributed by atoms with van der Waals surface area (Å²) in [6, 6.07) is 21.6. The lowest BCUT2D eigenvalue weighted by molar-refractivity contribution is 0.262. The molecule has 0 bridgehead atoms. The highest BCUT2D eigenvalue weighted by Gasteiger charge is 2.22. The summed E-state index contributed by atoms with van der Waals surface area (Å²) in [6.07, 6.45) is 3.66. The van der Waals surface area contributed by atoms with Crippen LogP contribution in [0.5, 0.6) is 0 Å². The van der Waals surface area contributed by atoms with E-state index in [4.69, 9.17) is 10.1 Å². The number of carbonyl (C=O) groups is 1. The molecular weight excluding hydrogens is 570 g/mol. The Kier molecular flexibility index (Phi) is 8.29. The molecule has 1 fully saturated rings. The van der Waals surface area contributed by atoms with Crippen LogP contribution in [0.25, 0.3) is 27.6 Å². The first kappa shape index (κ1) is 29.7. The quantitative estimate of drug-likeness (QED) is 0.235. The van der Waals surface area contributed by atoms with E-state index >= 15 is 0 Å². The minimum Gasteiger partial charge on any atom is -0.307 e. The van der Waals surface area contributed by atoms with E-state index in [1.54, 1.807) is 10.9 Å². The average Bonchev–Trinajstić information content (AvgIpc) is 3.44. The summed E-state index contributed by atoms with van der Waals surface area (Å²) in [7, 11) is -0.688. The van der Waals surface area contributed by atoms with Gasteiger partial charge in [-0.3, -0.25) is 24.4 Å². The second-order valence-electron chi connectivity index (χ2n) is 12.2. The number of urea groups is 1. The maximum atomic E-state index is 13.4. The van der Waals surface area contributed by atoms with Crippen molar-refractivity contribution in [2.24, 2.45) is 0 Å². The standard InChI is InChI=1S/C34H37N7O2S/c1-23-9-12-26(21-35-23)41-32(19-31(39-41)34(2,3)4)38-33(42)37-30-14-13-27(28-7-5-6-8-29(28)30)24-10-11-25(36-20-24)22-40-15-17-44(43)18-16-40/h5-14,19-21H,15-18,22H2,1-4H3,(H2,37,38,42). The third-order valence-electron chi connectivity index (χ3n) is 7.82. The number of aryl methyl sites for hydroxylation is 1. The molecule has 0 spiro atoms. The second-order valence-corrected chi connectivity index (χ2v) is 13.9. The van der Waals surface area contributed by atoms with Gasteiger partial charge in [-0.1, -0.05) is 57.2 Å². The molecule has 1 aliphatic heterocycles. The van der Waals surface area contributed by atoms with E-state index in [1.807, 2.05) is 61.7 Å². The van der Waals surface area contributed by atoms with Crippen LogP contribution in [0.3, 0.4) is 0 Å². The van der Waals surface area contributed by atoms with Crippen molar-refractivity contribution in [3.8, 4) is 16.8 Å². The van der Waals surface area contributed by atoms with Crippen LogP contribution >= 0.6 is 0 Å². The lowest BCUT2D eigenvalue weighted by Gasteiger charge is -2.25. The van der Waals surface area contributed by atoms with Gasteiger partial charge in [0.25, 0.3) is 0 Å². The van der Waals surface area contributed by atoms with Crippen LogP contribution in [0.15, 0.2) is 79.1 Å². The van der Waals surface area contributed by atoms with Gasteiger partial charge in [0.1, 0.15) is 5.82 Å². The van der Waals surface area contributed by atoms with Crippen LogP contribution in [0.4, 0.5) is 16.3 Å². The third-order valence-corrected chi connectivity index (χ3v) is 9.10. The number of aromatic nitrogens is 4. The predicted molar refractivity (Wildman–Crippen MR) is 178 cm³/mol. The van der Waals surface area contributed by atoms with E-state index in [0.29, 0.717) is 11.5 Å². The average molecular weight is 608 g/mol. The Hall–Kier alpha value is -4.41. The molecule has 2 aromatic carbocycles. The van der Waals surface area contributed by atoms with Gasteiger partial charge in [0, 0.05) is 76.3 Å². The first-order valence-corrected chi connectivity index (χ1v) is 16.3. The van der Waals surface area contributed by atoms with Crippen LogP contribution < -0.4 is 10.6 Å². The van der Waals surface area contributed by atoms with Crippen molar-refractivity contribution >= 4 is 39.1 Å².